The average Bonchev–Trinajstić information content (AvgIpc) is 2.99. The Morgan fingerprint density at radius 2 is 2.19 bits per heavy atom. The molecule has 0 amide bonds. The Hall–Kier alpha value is -1.16. The third-order valence-corrected chi connectivity index (χ3v) is 5.90. The van der Waals surface area contributed by atoms with Gasteiger partial charge in [-0.15, -0.1) is 11.3 Å². The zero-order valence-corrected chi connectivity index (χ0v) is 16.4. The van der Waals surface area contributed by atoms with E-state index in [4.69, 9.17) is 19.4 Å². The highest BCUT2D eigenvalue weighted by atomic mass is 32.1. The summed E-state index contributed by atoms with van der Waals surface area (Å²) in [6, 6.07) is 4.49. The molecule has 1 aromatic rings. The molecule has 3 heterocycles. The number of carbonyl (C=O) groups is 1. The van der Waals surface area contributed by atoms with Crippen LogP contribution in [-0.4, -0.2) is 61.7 Å². The van der Waals surface area contributed by atoms with Crippen LogP contribution < -0.4 is 0 Å². The molecule has 2 saturated heterocycles. The Morgan fingerprint density at radius 3 is 2.74 bits per heavy atom. The first-order valence-corrected chi connectivity index (χ1v) is 9.66. The maximum Gasteiger partial charge on any atom is 0.490 e. The van der Waals surface area contributed by atoms with Gasteiger partial charge in [0.1, 0.15) is 0 Å². The van der Waals surface area contributed by atoms with Gasteiger partial charge in [0.25, 0.3) is 0 Å². The van der Waals surface area contributed by atoms with E-state index in [1.54, 1.807) is 0 Å². The average molecular weight is 409 g/mol. The molecular formula is C18H26F3NO4S. The summed E-state index contributed by atoms with van der Waals surface area (Å²) in [6.07, 6.45) is -1.12. The second-order valence-electron chi connectivity index (χ2n) is 7.07. The van der Waals surface area contributed by atoms with E-state index < -0.39 is 12.1 Å². The number of alkyl halides is 3. The van der Waals surface area contributed by atoms with Gasteiger partial charge in [0.15, 0.2) is 0 Å². The molecule has 1 aromatic heterocycles. The van der Waals surface area contributed by atoms with Crippen molar-refractivity contribution in [3.63, 3.8) is 0 Å². The highest BCUT2D eigenvalue weighted by Crippen LogP contribution is 2.40. The van der Waals surface area contributed by atoms with Crippen LogP contribution in [0, 0.1) is 12.3 Å². The van der Waals surface area contributed by atoms with Crippen molar-refractivity contribution in [3.05, 3.63) is 21.9 Å². The van der Waals surface area contributed by atoms with Crippen molar-refractivity contribution < 1.29 is 32.5 Å². The summed E-state index contributed by atoms with van der Waals surface area (Å²) in [6.45, 7) is 7.28. The standard InChI is InChI=1S/C16H25NO2S.C2HF3O2/c1-13-4-5-14(20-13)10-17-8-6-15-16(11-17,12-18-2)7-3-9-19-15;3-2(4,5)1(6)7/h4-5,15H,3,6-12H2,1-2H3;(H,6,7). The van der Waals surface area contributed by atoms with E-state index in [-0.39, 0.29) is 5.41 Å². The summed E-state index contributed by atoms with van der Waals surface area (Å²) in [4.78, 5) is 14.4. The van der Waals surface area contributed by atoms with E-state index in [0.29, 0.717) is 6.10 Å². The van der Waals surface area contributed by atoms with Gasteiger partial charge in [0, 0.05) is 48.5 Å². The summed E-state index contributed by atoms with van der Waals surface area (Å²) >= 11 is 1.92. The van der Waals surface area contributed by atoms with Gasteiger partial charge in [-0.1, -0.05) is 0 Å². The summed E-state index contributed by atoms with van der Waals surface area (Å²) in [7, 11) is 1.82. The summed E-state index contributed by atoms with van der Waals surface area (Å²) in [5.41, 5.74) is 0.220. The lowest BCUT2D eigenvalue weighted by Gasteiger charge is -2.50. The number of ether oxygens (including phenoxy) is 2. The number of likely N-dealkylation sites (tertiary alicyclic amines) is 1. The molecule has 2 fully saturated rings. The molecule has 0 aliphatic carbocycles. The Balaban J connectivity index is 0.000000321. The Kier molecular flexibility index (Phi) is 7.67. The molecule has 2 aliphatic rings. The predicted molar refractivity (Wildman–Crippen MR) is 95.9 cm³/mol. The maximum atomic E-state index is 10.6. The Labute approximate surface area is 161 Å². The molecular weight excluding hydrogens is 383 g/mol. The molecule has 154 valence electrons. The fourth-order valence-corrected chi connectivity index (χ4v) is 4.74. The van der Waals surface area contributed by atoms with Gasteiger partial charge in [-0.05, 0) is 38.3 Å². The highest BCUT2D eigenvalue weighted by molar-refractivity contribution is 7.11. The molecule has 0 radical (unpaired) electrons. The number of rotatable bonds is 4. The van der Waals surface area contributed by atoms with Gasteiger partial charge in [0.2, 0.25) is 0 Å². The highest BCUT2D eigenvalue weighted by Gasteiger charge is 2.45. The number of hydrogen-bond donors (Lipinski definition) is 1. The van der Waals surface area contributed by atoms with E-state index >= 15 is 0 Å². The van der Waals surface area contributed by atoms with Crippen molar-refractivity contribution in [2.24, 2.45) is 5.41 Å². The van der Waals surface area contributed by atoms with Crippen LogP contribution in [0.2, 0.25) is 0 Å². The van der Waals surface area contributed by atoms with Gasteiger partial charge in [-0.3, -0.25) is 4.90 Å². The zero-order chi connectivity index (χ0) is 20.1. The molecule has 0 saturated carbocycles. The van der Waals surface area contributed by atoms with Crippen LogP contribution in [-0.2, 0) is 20.8 Å². The SMILES string of the molecule is COCC12CCCOC1CCN(Cc1ccc(C)s1)C2.O=C(O)C(F)(F)F. The number of halogens is 3. The molecule has 27 heavy (non-hydrogen) atoms. The van der Waals surface area contributed by atoms with Crippen LogP contribution in [0.5, 0.6) is 0 Å². The van der Waals surface area contributed by atoms with Gasteiger partial charge in [0.05, 0.1) is 12.7 Å². The van der Waals surface area contributed by atoms with Crippen molar-refractivity contribution in [3.8, 4) is 0 Å². The number of fused-ring (bicyclic) bond motifs is 1. The minimum absolute atomic E-state index is 0.220. The normalized spacial score (nSPS) is 26.0. The van der Waals surface area contributed by atoms with Gasteiger partial charge < -0.3 is 14.6 Å². The maximum absolute atomic E-state index is 10.6. The van der Waals surface area contributed by atoms with Crippen molar-refractivity contribution in [1.82, 2.24) is 4.90 Å². The smallest absolute Gasteiger partial charge is 0.475 e. The number of nitrogens with zero attached hydrogens (tertiary/aromatic N) is 1. The fraction of sp³-hybridized carbons (Fsp3) is 0.722. The van der Waals surface area contributed by atoms with Crippen molar-refractivity contribution in [2.75, 3.05) is 33.4 Å². The third-order valence-electron chi connectivity index (χ3n) is 4.92. The number of carboxylic acid groups (broad SMARTS) is 1. The lowest BCUT2D eigenvalue weighted by molar-refractivity contribution is -0.192. The minimum Gasteiger partial charge on any atom is -0.475 e. The van der Waals surface area contributed by atoms with Crippen molar-refractivity contribution >= 4 is 17.3 Å². The molecule has 5 nitrogen and oxygen atoms in total. The molecule has 2 unspecified atom stereocenters. The van der Waals surface area contributed by atoms with Crippen LogP contribution in [0.4, 0.5) is 13.2 Å². The van der Waals surface area contributed by atoms with Crippen LogP contribution in [0.15, 0.2) is 12.1 Å². The number of piperidine rings is 1. The largest absolute Gasteiger partial charge is 0.490 e. The van der Waals surface area contributed by atoms with Crippen LogP contribution >= 0.6 is 11.3 Å². The summed E-state index contributed by atoms with van der Waals surface area (Å²) in [5, 5.41) is 7.12. The molecule has 2 aliphatic heterocycles. The quantitative estimate of drug-likeness (QED) is 0.822. The molecule has 2 atom stereocenters. The first-order valence-electron chi connectivity index (χ1n) is 8.84. The van der Waals surface area contributed by atoms with E-state index in [1.165, 1.54) is 22.6 Å². The van der Waals surface area contributed by atoms with Crippen molar-refractivity contribution in [2.45, 2.75) is 45.0 Å². The Morgan fingerprint density at radius 1 is 1.48 bits per heavy atom. The van der Waals surface area contributed by atoms with Gasteiger partial charge in [-0.2, -0.15) is 13.2 Å². The second kappa shape index (κ2) is 9.36. The topological polar surface area (TPSA) is 59.0 Å². The van der Waals surface area contributed by atoms with Crippen molar-refractivity contribution in [1.29, 1.82) is 0 Å². The molecule has 0 bridgehead atoms. The van der Waals surface area contributed by atoms with Gasteiger partial charge in [-0.25, -0.2) is 4.79 Å². The number of hydrogen-bond acceptors (Lipinski definition) is 5. The molecule has 1 N–H and O–H groups in total. The predicted octanol–water partition coefficient (Wildman–Crippen LogP) is 3.71. The first-order chi connectivity index (χ1) is 12.7. The van der Waals surface area contributed by atoms with E-state index in [9.17, 15) is 13.2 Å². The monoisotopic (exact) mass is 409 g/mol. The number of carboxylic acids is 1. The van der Waals surface area contributed by atoms with E-state index in [2.05, 4.69) is 24.0 Å². The van der Waals surface area contributed by atoms with E-state index in [0.717, 1.165) is 39.3 Å². The van der Waals surface area contributed by atoms with Crippen LogP contribution in [0.3, 0.4) is 0 Å². The van der Waals surface area contributed by atoms with Crippen LogP contribution in [0.25, 0.3) is 0 Å². The third kappa shape index (κ3) is 6.17. The molecule has 0 aromatic carbocycles. The lowest BCUT2D eigenvalue weighted by atomic mass is 9.73. The Bertz CT molecular complexity index is 618. The van der Waals surface area contributed by atoms with Gasteiger partial charge >= 0.3 is 12.1 Å². The number of aliphatic carboxylic acids is 1. The fourth-order valence-electron chi connectivity index (χ4n) is 3.81. The summed E-state index contributed by atoms with van der Waals surface area (Å²) < 4.78 is 43.3. The summed E-state index contributed by atoms with van der Waals surface area (Å²) in [5.74, 6) is -2.76. The second-order valence-corrected chi connectivity index (χ2v) is 8.45. The number of aryl methyl sites for hydroxylation is 1. The first kappa shape index (κ1) is 22.1. The molecule has 0 spiro atoms. The molecule has 9 heteroatoms. The zero-order valence-electron chi connectivity index (χ0n) is 15.6. The van der Waals surface area contributed by atoms with E-state index in [1.807, 2.05) is 18.4 Å². The lowest BCUT2D eigenvalue weighted by Crippen LogP contribution is -2.56. The number of methoxy groups -OCH3 is 1. The van der Waals surface area contributed by atoms with Crippen LogP contribution in [0.1, 0.15) is 29.0 Å². The minimum atomic E-state index is -5.08. The molecule has 3 rings (SSSR count). The number of thiophene rings is 1.